The number of rotatable bonds is 2. The lowest BCUT2D eigenvalue weighted by molar-refractivity contribution is -0.457. The molecule has 21 heavy (non-hydrogen) atoms. The van der Waals surface area contributed by atoms with E-state index in [1.54, 1.807) is 4.58 Å². The Hall–Kier alpha value is -1.49. The molecule has 0 fully saturated rings. The predicted octanol–water partition coefficient (Wildman–Crippen LogP) is 3.18. The Morgan fingerprint density at radius 1 is 1.19 bits per heavy atom. The minimum absolute atomic E-state index is 0.200. The van der Waals surface area contributed by atoms with Gasteiger partial charge < -0.3 is 0 Å². The summed E-state index contributed by atoms with van der Waals surface area (Å²) in [5, 5.41) is 0. The Labute approximate surface area is 133 Å². The van der Waals surface area contributed by atoms with Crippen molar-refractivity contribution in [3.05, 3.63) is 35.9 Å². The van der Waals surface area contributed by atoms with E-state index in [9.17, 15) is 9.59 Å². The zero-order valence-corrected chi connectivity index (χ0v) is 14.3. The van der Waals surface area contributed by atoms with Crippen molar-refractivity contribution in [2.45, 2.75) is 44.6 Å². The number of alkyl halides is 1. The number of imide groups is 1. The number of urea groups is 1. The largest absolute Gasteiger partial charge is 0.501 e. The van der Waals surface area contributed by atoms with Crippen LogP contribution in [0.2, 0.25) is 0 Å². The van der Waals surface area contributed by atoms with Gasteiger partial charge in [-0.05, 0) is 33.3 Å². The number of halogens is 1. The second-order valence-corrected chi connectivity index (χ2v) is 7.12. The van der Waals surface area contributed by atoms with Crippen LogP contribution in [0.15, 0.2) is 30.3 Å². The van der Waals surface area contributed by atoms with E-state index >= 15 is 0 Å². The molecule has 0 aromatic heterocycles. The average Bonchev–Trinajstić information content (AvgIpc) is 2.41. The molecule has 0 saturated heterocycles. The maximum atomic E-state index is 12.7. The number of carbonyl (C=O) groups excluding carboxylic acids is 2. The molecule has 0 radical (unpaired) electrons. The van der Waals surface area contributed by atoms with Gasteiger partial charge in [0.2, 0.25) is 0 Å². The fourth-order valence-electron chi connectivity index (χ4n) is 2.37. The molecule has 1 aromatic rings. The molecule has 0 N–H and O–H groups in total. The van der Waals surface area contributed by atoms with E-state index in [2.05, 4.69) is 15.9 Å². The Morgan fingerprint density at radius 2 is 1.76 bits per heavy atom. The molecule has 1 aromatic carbocycles. The SMILES string of the molecule is CC1=[N+](Cc2ccccc2)C(=O)N(C(C)(C)C)C(=O)C1Br. The fourth-order valence-corrected chi connectivity index (χ4v) is 2.82. The second-order valence-electron chi connectivity index (χ2n) is 6.20. The maximum Gasteiger partial charge on any atom is 0.501 e. The Balaban J connectivity index is 2.43. The van der Waals surface area contributed by atoms with E-state index in [1.165, 1.54) is 4.90 Å². The first-order valence-electron chi connectivity index (χ1n) is 6.90. The van der Waals surface area contributed by atoms with Gasteiger partial charge in [-0.2, -0.15) is 14.3 Å². The van der Waals surface area contributed by atoms with Gasteiger partial charge in [-0.15, -0.1) is 0 Å². The van der Waals surface area contributed by atoms with Crippen molar-refractivity contribution >= 4 is 33.6 Å². The van der Waals surface area contributed by atoms with Gasteiger partial charge in [0.1, 0.15) is 17.8 Å². The Bertz CT molecular complexity index is 602. The third kappa shape index (κ3) is 3.07. The van der Waals surface area contributed by atoms with E-state index in [0.717, 1.165) is 11.3 Å². The van der Waals surface area contributed by atoms with Crippen molar-refractivity contribution in [1.29, 1.82) is 0 Å². The molecule has 3 amide bonds. The first-order chi connectivity index (χ1) is 9.73. The maximum absolute atomic E-state index is 12.7. The molecule has 2 rings (SSSR count). The summed E-state index contributed by atoms with van der Waals surface area (Å²) >= 11 is 3.41. The van der Waals surface area contributed by atoms with Gasteiger partial charge in [0, 0.05) is 0 Å². The van der Waals surface area contributed by atoms with Crippen LogP contribution in [0, 0.1) is 0 Å². The minimum Gasteiger partial charge on any atom is -0.245 e. The molecular weight excluding hydrogens is 332 g/mol. The third-order valence-corrected chi connectivity index (χ3v) is 4.56. The summed E-state index contributed by atoms with van der Waals surface area (Å²) in [6, 6.07) is 9.51. The normalized spacial score (nSPS) is 20.2. The van der Waals surface area contributed by atoms with Crippen LogP contribution in [0.5, 0.6) is 0 Å². The van der Waals surface area contributed by atoms with E-state index in [4.69, 9.17) is 0 Å². The molecule has 5 heteroatoms. The fraction of sp³-hybridized carbons (Fsp3) is 0.438. The molecule has 0 spiro atoms. The first-order valence-corrected chi connectivity index (χ1v) is 7.82. The Kier molecular flexibility index (Phi) is 4.33. The minimum atomic E-state index is -0.546. The van der Waals surface area contributed by atoms with E-state index < -0.39 is 10.4 Å². The monoisotopic (exact) mass is 351 g/mol. The van der Waals surface area contributed by atoms with E-state index in [-0.39, 0.29) is 11.9 Å². The summed E-state index contributed by atoms with van der Waals surface area (Å²) in [4.78, 5) is 26.0. The average molecular weight is 352 g/mol. The van der Waals surface area contributed by atoms with Crippen molar-refractivity contribution in [1.82, 2.24) is 4.90 Å². The van der Waals surface area contributed by atoms with Gasteiger partial charge in [0.25, 0.3) is 0 Å². The molecule has 0 aliphatic carbocycles. The van der Waals surface area contributed by atoms with Crippen molar-refractivity contribution in [2.75, 3.05) is 0 Å². The van der Waals surface area contributed by atoms with Crippen LogP contribution in [-0.2, 0) is 11.3 Å². The number of benzene rings is 1. The summed E-state index contributed by atoms with van der Waals surface area (Å²) < 4.78 is 1.67. The summed E-state index contributed by atoms with van der Waals surface area (Å²) in [5.41, 5.74) is 1.22. The van der Waals surface area contributed by atoms with Crippen molar-refractivity contribution < 1.29 is 14.2 Å². The molecule has 0 saturated carbocycles. The molecule has 1 aliphatic rings. The van der Waals surface area contributed by atoms with Gasteiger partial charge >= 0.3 is 11.9 Å². The highest BCUT2D eigenvalue weighted by Gasteiger charge is 2.50. The van der Waals surface area contributed by atoms with Crippen molar-refractivity contribution in [3.63, 3.8) is 0 Å². The topological polar surface area (TPSA) is 40.4 Å². The van der Waals surface area contributed by atoms with Crippen LogP contribution >= 0.6 is 15.9 Å². The lowest BCUT2D eigenvalue weighted by Crippen LogP contribution is -2.60. The predicted molar refractivity (Wildman–Crippen MR) is 85.8 cm³/mol. The zero-order chi connectivity index (χ0) is 15.8. The lowest BCUT2D eigenvalue weighted by atomic mass is 10.0. The van der Waals surface area contributed by atoms with Crippen LogP contribution in [0.4, 0.5) is 4.79 Å². The highest BCUT2D eigenvalue weighted by atomic mass is 79.9. The standard InChI is InChI=1S/C16H20BrN2O2/c1-11-13(17)14(20)19(16(2,3)4)15(21)18(11)10-12-8-6-5-7-9-12/h5-9,13H,10H2,1-4H3/q+1. The molecular formula is C16H20BrN2O2+. The zero-order valence-electron chi connectivity index (χ0n) is 12.8. The van der Waals surface area contributed by atoms with E-state index in [1.807, 2.05) is 58.0 Å². The van der Waals surface area contributed by atoms with Crippen molar-refractivity contribution in [2.24, 2.45) is 0 Å². The number of carbonyl (C=O) groups is 2. The van der Waals surface area contributed by atoms with Crippen LogP contribution in [0.1, 0.15) is 33.3 Å². The third-order valence-electron chi connectivity index (χ3n) is 3.51. The molecule has 112 valence electrons. The molecule has 1 heterocycles. The van der Waals surface area contributed by atoms with Crippen LogP contribution in [0.25, 0.3) is 0 Å². The van der Waals surface area contributed by atoms with Gasteiger partial charge in [-0.1, -0.05) is 46.3 Å². The molecule has 1 atom stereocenters. The second kappa shape index (κ2) is 5.72. The van der Waals surface area contributed by atoms with Gasteiger partial charge in [0.05, 0.1) is 0 Å². The van der Waals surface area contributed by atoms with Gasteiger partial charge in [-0.3, -0.25) is 0 Å². The molecule has 1 unspecified atom stereocenters. The number of hydrogen-bond donors (Lipinski definition) is 0. The highest BCUT2D eigenvalue weighted by molar-refractivity contribution is 9.10. The summed E-state index contributed by atoms with van der Waals surface area (Å²) in [7, 11) is 0. The summed E-state index contributed by atoms with van der Waals surface area (Å²) in [6.45, 7) is 7.88. The quantitative estimate of drug-likeness (QED) is 0.606. The van der Waals surface area contributed by atoms with E-state index in [0.29, 0.717) is 6.54 Å². The van der Waals surface area contributed by atoms with Crippen LogP contribution in [-0.4, -0.2) is 37.5 Å². The number of hydrogen-bond acceptors (Lipinski definition) is 2. The molecule has 0 bridgehead atoms. The smallest absolute Gasteiger partial charge is 0.245 e. The van der Waals surface area contributed by atoms with Crippen LogP contribution in [0.3, 0.4) is 0 Å². The lowest BCUT2D eigenvalue weighted by Gasteiger charge is -2.32. The van der Waals surface area contributed by atoms with Crippen molar-refractivity contribution in [3.8, 4) is 0 Å². The Morgan fingerprint density at radius 3 is 2.29 bits per heavy atom. The number of amides is 3. The first kappa shape index (κ1) is 15.9. The van der Waals surface area contributed by atoms with Gasteiger partial charge in [-0.25, -0.2) is 4.79 Å². The highest BCUT2D eigenvalue weighted by Crippen LogP contribution is 2.24. The molecule has 4 nitrogen and oxygen atoms in total. The van der Waals surface area contributed by atoms with Crippen LogP contribution < -0.4 is 0 Å². The summed E-state index contributed by atoms with van der Waals surface area (Å²) in [6.07, 6.45) is 0. The summed E-state index contributed by atoms with van der Waals surface area (Å²) in [5.74, 6) is -0.200. The van der Waals surface area contributed by atoms with Gasteiger partial charge in [0.15, 0.2) is 4.83 Å². The molecule has 1 aliphatic heterocycles. The number of nitrogens with zero attached hydrogens (tertiary/aromatic N) is 2.